The number of anilines is 1. The highest BCUT2D eigenvalue weighted by molar-refractivity contribution is 6.29. The normalized spacial score (nSPS) is 10.4. The fourth-order valence-corrected chi connectivity index (χ4v) is 1.34. The summed E-state index contributed by atoms with van der Waals surface area (Å²) in [5.74, 6) is 1.36. The average molecular weight is 246 g/mol. The highest BCUT2D eigenvalue weighted by Gasteiger charge is 1.98. The maximum absolute atomic E-state index is 5.79. The molecule has 1 N–H and O–H groups in total. The molecule has 16 heavy (non-hydrogen) atoms. The maximum Gasteiger partial charge on any atom is 0.134 e. The van der Waals surface area contributed by atoms with E-state index in [2.05, 4.69) is 15.3 Å². The molecule has 0 saturated carbocycles. The molecule has 0 aliphatic carbocycles. The van der Waals surface area contributed by atoms with Gasteiger partial charge in [0, 0.05) is 19.7 Å². The molecule has 1 aromatic rings. The first-order valence-electron chi connectivity index (χ1n) is 5.04. The van der Waals surface area contributed by atoms with Crippen LogP contribution in [0.3, 0.4) is 0 Å². The molecular formula is C10H16ClN3O2. The molecule has 6 heteroatoms. The van der Waals surface area contributed by atoms with Gasteiger partial charge < -0.3 is 14.8 Å². The lowest BCUT2D eigenvalue weighted by atomic mass is 10.5. The molecule has 0 aliphatic heterocycles. The van der Waals surface area contributed by atoms with E-state index >= 15 is 0 Å². The minimum absolute atomic E-state index is 0.440. The van der Waals surface area contributed by atoms with Crippen molar-refractivity contribution in [2.45, 2.75) is 6.92 Å². The minimum atomic E-state index is 0.440. The third-order valence-electron chi connectivity index (χ3n) is 1.79. The van der Waals surface area contributed by atoms with Crippen LogP contribution in [0.1, 0.15) is 5.82 Å². The summed E-state index contributed by atoms with van der Waals surface area (Å²) in [5, 5.41) is 3.54. The molecular weight excluding hydrogens is 230 g/mol. The zero-order valence-electron chi connectivity index (χ0n) is 9.49. The Hall–Kier alpha value is -0.910. The van der Waals surface area contributed by atoms with Crippen molar-refractivity contribution >= 4 is 17.4 Å². The SMILES string of the molecule is COCCOCCNc1cc(Cl)nc(C)n1. The first-order chi connectivity index (χ1) is 7.72. The molecule has 0 atom stereocenters. The number of hydrogen-bond acceptors (Lipinski definition) is 5. The summed E-state index contributed by atoms with van der Waals surface area (Å²) in [7, 11) is 1.65. The monoisotopic (exact) mass is 245 g/mol. The van der Waals surface area contributed by atoms with Crippen LogP contribution in [-0.2, 0) is 9.47 Å². The number of halogens is 1. The molecule has 0 unspecified atom stereocenters. The largest absolute Gasteiger partial charge is 0.382 e. The van der Waals surface area contributed by atoms with Crippen LogP contribution in [0.2, 0.25) is 5.15 Å². The summed E-state index contributed by atoms with van der Waals surface area (Å²) >= 11 is 5.79. The standard InChI is InChI=1S/C10H16ClN3O2/c1-8-13-9(11)7-10(14-8)12-3-4-16-6-5-15-2/h7H,3-6H2,1-2H3,(H,12,13,14). The summed E-state index contributed by atoms with van der Waals surface area (Å²) < 4.78 is 10.1. The molecule has 0 bridgehead atoms. The van der Waals surface area contributed by atoms with Crippen LogP contribution >= 0.6 is 11.6 Å². The number of methoxy groups -OCH3 is 1. The zero-order chi connectivity index (χ0) is 11.8. The summed E-state index contributed by atoms with van der Waals surface area (Å²) in [6.07, 6.45) is 0. The van der Waals surface area contributed by atoms with Gasteiger partial charge in [-0.2, -0.15) is 0 Å². The van der Waals surface area contributed by atoms with E-state index in [1.807, 2.05) is 0 Å². The summed E-state index contributed by atoms with van der Waals surface area (Å²) in [6, 6.07) is 1.68. The second-order valence-corrected chi connectivity index (χ2v) is 3.54. The van der Waals surface area contributed by atoms with Crippen molar-refractivity contribution in [2.75, 3.05) is 38.8 Å². The van der Waals surface area contributed by atoms with Gasteiger partial charge in [0.25, 0.3) is 0 Å². The van der Waals surface area contributed by atoms with Gasteiger partial charge in [0.1, 0.15) is 16.8 Å². The Morgan fingerprint density at radius 1 is 1.31 bits per heavy atom. The Morgan fingerprint density at radius 3 is 2.81 bits per heavy atom. The van der Waals surface area contributed by atoms with E-state index in [0.29, 0.717) is 43.2 Å². The average Bonchev–Trinajstić information content (AvgIpc) is 2.22. The van der Waals surface area contributed by atoms with Gasteiger partial charge in [-0.05, 0) is 6.92 Å². The molecule has 0 amide bonds. The van der Waals surface area contributed by atoms with E-state index in [1.165, 1.54) is 0 Å². The summed E-state index contributed by atoms with van der Waals surface area (Å²) in [5.41, 5.74) is 0. The van der Waals surface area contributed by atoms with Gasteiger partial charge in [0.05, 0.1) is 19.8 Å². The van der Waals surface area contributed by atoms with Crippen molar-refractivity contribution in [2.24, 2.45) is 0 Å². The third-order valence-corrected chi connectivity index (χ3v) is 1.98. The van der Waals surface area contributed by atoms with Gasteiger partial charge in [-0.3, -0.25) is 0 Å². The van der Waals surface area contributed by atoms with Gasteiger partial charge in [-0.25, -0.2) is 9.97 Å². The van der Waals surface area contributed by atoms with Crippen molar-refractivity contribution in [1.82, 2.24) is 9.97 Å². The van der Waals surface area contributed by atoms with Crippen LogP contribution in [0, 0.1) is 6.92 Å². The number of aromatic nitrogens is 2. The highest BCUT2D eigenvalue weighted by atomic mass is 35.5. The van der Waals surface area contributed by atoms with E-state index in [0.717, 1.165) is 0 Å². The second-order valence-electron chi connectivity index (χ2n) is 3.16. The van der Waals surface area contributed by atoms with Crippen LogP contribution in [-0.4, -0.2) is 43.4 Å². The molecule has 0 aliphatic rings. The van der Waals surface area contributed by atoms with Gasteiger partial charge in [0.2, 0.25) is 0 Å². The van der Waals surface area contributed by atoms with Gasteiger partial charge in [-0.15, -0.1) is 0 Å². The van der Waals surface area contributed by atoms with Gasteiger partial charge >= 0.3 is 0 Å². The number of rotatable bonds is 7. The molecule has 0 saturated heterocycles. The van der Waals surface area contributed by atoms with Crippen LogP contribution in [0.4, 0.5) is 5.82 Å². The molecule has 90 valence electrons. The predicted molar refractivity (Wildman–Crippen MR) is 63.0 cm³/mol. The Labute approximate surface area is 100 Å². The zero-order valence-corrected chi connectivity index (χ0v) is 10.3. The lowest BCUT2D eigenvalue weighted by molar-refractivity contribution is 0.0759. The molecule has 0 fully saturated rings. The van der Waals surface area contributed by atoms with Crippen LogP contribution in [0.5, 0.6) is 0 Å². The Morgan fingerprint density at radius 2 is 2.12 bits per heavy atom. The lowest BCUT2D eigenvalue weighted by Crippen LogP contribution is -2.13. The van der Waals surface area contributed by atoms with E-state index in [-0.39, 0.29) is 0 Å². The highest BCUT2D eigenvalue weighted by Crippen LogP contribution is 2.10. The minimum Gasteiger partial charge on any atom is -0.382 e. The molecule has 1 aromatic heterocycles. The molecule has 0 spiro atoms. The number of nitrogens with one attached hydrogen (secondary N) is 1. The van der Waals surface area contributed by atoms with Crippen molar-refractivity contribution in [1.29, 1.82) is 0 Å². The van der Waals surface area contributed by atoms with Crippen molar-refractivity contribution in [3.8, 4) is 0 Å². The van der Waals surface area contributed by atoms with Crippen LogP contribution in [0.25, 0.3) is 0 Å². The third kappa shape index (κ3) is 5.25. The molecule has 5 nitrogen and oxygen atoms in total. The topological polar surface area (TPSA) is 56.3 Å². The Kier molecular flexibility index (Phi) is 6.07. The van der Waals surface area contributed by atoms with Crippen molar-refractivity contribution < 1.29 is 9.47 Å². The fraction of sp³-hybridized carbons (Fsp3) is 0.600. The van der Waals surface area contributed by atoms with Crippen LogP contribution < -0.4 is 5.32 Å². The Balaban J connectivity index is 2.21. The summed E-state index contributed by atoms with van der Waals surface area (Å²) in [6.45, 7) is 4.28. The van der Waals surface area contributed by atoms with Gasteiger partial charge in [-0.1, -0.05) is 11.6 Å². The molecule has 0 aromatic carbocycles. The van der Waals surface area contributed by atoms with Gasteiger partial charge in [0.15, 0.2) is 0 Å². The number of ether oxygens (including phenoxy) is 2. The summed E-state index contributed by atoms with van der Waals surface area (Å²) in [4.78, 5) is 8.15. The van der Waals surface area contributed by atoms with E-state index < -0.39 is 0 Å². The number of aryl methyl sites for hydroxylation is 1. The second kappa shape index (κ2) is 7.38. The number of nitrogens with zero attached hydrogens (tertiary/aromatic N) is 2. The first kappa shape index (κ1) is 13.2. The Bertz CT molecular complexity index is 303. The van der Waals surface area contributed by atoms with E-state index in [4.69, 9.17) is 21.1 Å². The quantitative estimate of drug-likeness (QED) is 0.583. The molecule has 1 rings (SSSR count). The van der Waals surface area contributed by atoms with Crippen molar-refractivity contribution in [3.63, 3.8) is 0 Å². The van der Waals surface area contributed by atoms with E-state index in [1.54, 1.807) is 20.1 Å². The smallest absolute Gasteiger partial charge is 0.134 e. The first-order valence-corrected chi connectivity index (χ1v) is 5.42. The molecule has 1 heterocycles. The van der Waals surface area contributed by atoms with E-state index in [9.17, 15) is 0 Å². The lowest BCUT2D eigenvalue weighted by Gasteiger charge is -2.07. The van der Waals surface area contributed by atoms with Crippen LogP contribution in [0.15, 0.2) is 6.07 Å². The number of hydrogen-bond donors (Lipinski definition) is 1. The molecule has 0 radical (unpaired) electrons. The maximum atomic E-state index is 5.79. The predicted octanol–water partition coefficient (Wildman–Crippen LogP) is 1.51. The fourth-order valence-electron chi connectivity index (χ4n) is 1.12. The van der Waals surface area contributed by atoms with Crippen molar-refractivity contribution in [3.05, 3.63) is 17.0 Å².